The van der Waals surface area contributed by atoms with Crippen molar-refractivity contribution >= 4 is 5.82 Å². The molecule has 1 aliphatic heterocycles. The summed E-state index contributed by atoms with van der Waals surface area (Å²) < 4.78 is 0. The van der Waals surface area contributed by atoms with Crippen LogP contribution in [-0.2, 0) is 0 Å². The van der Waals surface area contributed by atoms with Crippen molar-refractivity contribution in [3.63, 3.8) is 0 Å². The molecule has 17 heavy (non-hydrogen) atoms. The second kappa shape index (κ2) is 3.70. The van der Waals surface area contributed by atoms with Crippen molar-refractivity contribution in [2.45, 2.75) is 38.6 Å². The highest BCUT2D eigenvalue weighted by Gasteiger charge is 2.57. The Morgan fingerprint density at radius 1 is 1.35 bits per heavy atom. The number of nitrogens with two attached hydrogens (primary N) is 1. The second-order valence-corrected chi connectivity index (χ2v) is 5.94. The Morgan fingerprint density at radius 3 is 2.59 bits per heavy atom. The minimum Gasteiger partial charge on any atom is -0.356 e. The first-order valence-electron chi connectivity index (χ1n) is 6.58. The van der Waals surface area contributed by atoms with Gasteiger partial charge in [0.15, 0.2) is 0 Å². The van der Waals surface area contributed by atoms with E-state index in [0.717, 1.165) is 13.1 Å². The predicted octanol–water partition coefficient (Wildman–Crippen LogP) is 2.13. The van der Waals surface area contributed by atoms with Crippen molar-refractivity contribution < 1.29 is 0 Å². The van der Waals surface area contributed by atoms with E-state index in [1.807, 2.05) is 12.3 Å². The molecule has 1 saturated carbocycles. The van der Waals surface area contributed by atoms with E-state index in [2.05, 4.69) is 29.8 Å². The van der Waals surface area contributed by atoms with Gasteiger partial charge < -0.3 is 10.6 Å². The van der Waals surface area contributed by atoms with E-state index in [9.17, 15) is 0 Å². The first-order valence-corrected chi connectivity index (χ1v) is 6.58. The molecule has 92 valence electrons. The molecule has 3 nitrogen and oxygen atoms in total. The van der Waals surface area contributed by atoms with E-state index in [4.69, 9.17) is 5.73 Å². The quantitative estimate of drug-likeness (QED) is 0.848. The minimum absolute atomic E-state index is 0.234. The molecule has 1 aromatic rings. The van der Waals surface area contributed by atoms with Gasteiger partial charge in [0.1, 0.15) is 5.82 Å². The third kappa shape index (κ3) is 1.64. The summed E-state index contributed by atoms with van der Waals surface area (Å²) in [6.45, 7) is 6.80. The number of pyridine rings is 1. The molecule has 2 fully saturated rings. The van der Waals surface area contributed by atoms with Gasteiger partial charge in [0, 0.05) is 31.2 Å². The third-order valence-electron chi connectivity index (χ3n) is 4.47. The molecule has 2 atom stereocenters. The van der Waals surface area contributed by atoms with Crippen LogP contribution in [0.2, 0.25) is 0 Å². The van der Waals surface area contributed by atoms with E-state index in [1.54, 1.807) is 0 Å². The van der Waals surface area contributed by atoms with Gasteiger partial charge in [-0.3, -0.25) is 0 Å². The molecule has 0 radical (unpaired) electrons. The summed E-state index contributed by atoms with van der Waals surface area (Å²) in [5, 5.41) is 0. The Labute approximate surface area is 103 Å². The molecule has 0 aromatic carbocycles. The van der Waals surface area contributed by atoms with E-state index in [-0.39, 0.29) is 11.5 Å². The maximum Gasteiger partial charge on any atom is 0.132 e. The van der Waals surface area contributed by atoms with Gasteiger partial charge >= 0.3 is 0 Å². The second-order valence-electron chi connectivity index (χ2n) is 5.94. The fourth-order valence-corrected chi connectivity index (χ4v) is 3.12. The monoisotopic (exact) mass is 231 g/mol. The summed E-state index contributed by atoms with van der Waals surface area (Å²) in [5.41, 5.74) is 7.78. The molecule has 2 N–H and O–H groups in total. The van der Waals surface area contributed by atoms with Crippen LogP contribution >= 0.6 is 0 Å². The Balaban J connectivity index is 1.94. The average molecular weight is 231 g/mol. The van der Waals surface area contributed by atoms with Gasteiger partial charge in [-0.05, 0) is 29.9 Å². The summed E-state index contributed by atoms with van der Waals surface area (Å²) in [4.78, 5) is 7.01. The van der Waals surface area contributed by atoms with E-state index >= 15 is 0 Å². The summed E-state index contributed by atoms with van der Waals surface area (Å²) >= 11 is 0. The molecular formula is C14H21N3. The third-order valence-corrected chi connectivity index (χ3v) is 4.47. The fraction of sp³-hybridized carbons (Fsp3) is 0.643. The molecule has 2 heterocycles. The molecule has 3 rings (SSSR count). The van der Waals surface area contributed by atoms with Crippen LogP contribution in [0.3, 0.4) is 0 Å². The number of hydrogen-bond acceptors (Lipinski definition) is 3. The molecule has 1 aromatic heterocycles. The summed E-state index contributed by atoms with van der Waals surface area (Å²) in [7, 11) is 0. The zero-order chi connectivity index (χ0) is 12.0. The Hall–Kier alpha value is -1.09. The first-order chi connectivity index (χ1) is 8.12. The molecule has 3 heteroatoms. The highest BCUT2D eigenvalue weighted by Crippen LogP contribution is 2.58. The van der Waals surface area contributed by atoms with Crippen molar-refractivity contribution in [2.75, 3.05) is 18.0 Å². The van der Waals surface area contributed by atoms with Gasteiger partial charge in [0.2, 0.25) is 0 Å². The molecule has 1 aliphatic carbocycles. The van der Waals surface area contributed by atoms with Crippen LogP contribution < -0.4 is 10.6 Å². The standard InChI is InChI=1S/C14H21N3/c1-14(2)11(12(14)15)10-6-5-7-16-13(10)17-8-3-4-9-17/h5-7,11-12H,3-4,8-9,15H2,1-2H3. The summed E-state index contributed by atoms with van der Waals surface area (Å²) in [6.07, 6.45) is 4.48. The lowest BCUT2D eigenvalue weighted by Crippen LogP contribution is -2.21. The normalized spacial score (nSPS) is 30.6. The van der Waals surface area contributed by atoms with Crippen molar-refractivity contribution in [3.8, 4) is 0 Å². The Morgan fingerprint density at radius 2 is 2.00 bits per heavy atom. The predicted molar refractivity (Wildman–Crippen MR) is 70.2 cm³/mol. The number of hydrogen-bond donors (Lipinski definition) is 1. The van der Waals surface area contributed by atoms with Crippen molar-refractivity contribution in [3.05, 3.63) is 23.9 Å². The first kappa shape index (κ1) is 11.0. The van der Waals surface area contributed by atoms with E-state index in [1.165, 1.54) is 24.2 Å². The highest BCUT2D eigenvalue weighted by atomic mass is 15.2. The molecule has 2 aliphatic rings. The van der Waals surface area contributed by atoms with E-state index in [0.29, 0.717) is 5.92 Å². The van der Waals surface area contributed by atoms with Crippen molar-refractivity contribution in [1.29, 1.82) is 0 Å². The smallest absolute Gasteiger partial charge is 0.132 e. The minimum atomic E-state index is 0.234. The lowest BCUT2D eigenvalue weighted by molar-refractivity contribution is 0.598. The van der Waals surface area contributed by atoms with Gasteiger partial charge in [-0.15, -0.1) is 0 Å². The Bertz CT molecular complexity index is 421. The van der Waals surface area contributed by atoms with Crippen molar-refractivity contribution in [2.24, 2.45) is 11.1 Å². The zero-order valence-corrected chi connectivity index (χ0v) is 10.7. The van der Waals surface area contributed by atoms with Crippen LogP contribution in [0.5, 0.6) is 0 Å². The molecule has 1 saturated heterocycles. The number of rotatable bonds is 2. The summed E-state index contributed by atoms with van der Waals surface area (Å²) in [5.74, 6) is 1.66. The van der Waals surface area contributed by atoms with Crippen molar-refractivity contribution in [1.82, 2.24) is 4.98 Å². The molecule has 0 spiro atoms. The largest absolute Gasteiger partial charge is 0.356 e. The molecule has 0 amide bonds. The van der Waals surface area contributed by atoms with Crippen LogP contribution in [-0.4, -0.2) is 24.1 Å². The SMILES string of the molecule is CC1(C)C(N)C1c1cccnc1N1CCCC1. The van der Waals surface area contributed by atoms with Gasteiger partial charge in [-0.2, -0.15) is 0 Å². The van der Waals surface area contributed by atoms with Gasteiger partial charge in [-0.25, -0.2) is 4.98 Å². The van der Waals surface area contributed by atoms with Crippen LogP contribution in [0, 0.1) is 5.41 Å². The summed E-state index contributed by atoms with van der Waals surface area (Å²) in [6, 6.07) is 4.53. The topological polar surface area (TPSA) is 42.1 Å². The van der Waals surface area contributed by atoms with Crippen LogP contribution in [0.15, 0.2) is 18.3 Å². The number of anilines is 1. The fourth-order valence-electron chi connectivity index (χ4n) is 3.12. The van der Waals surface area contributed by atoms with Gasteiger partial charge in [0.25, 0.3) is 0 Å². The molecule has 0 bridgehead atoms. The Kier molecular flexibility index (Phi) is 2.40. The lowest BCUT2D eigenvalue weighted by Gasteiger charge is -2.20. The molecule has 2 unspecified atom stereocenters. The zero-order valence-electron chi connectivity index (χ0n) is 10.7. The van der Waals surface area contributed by atoms with Gasteiger partial charge in [-0.1, -0.05) is 19.9 Å². The maximum atomic E-state index is 6.20. The van der Waals surface area contributed by atoms with Crippen LogP contribution in [0.4, 0.5) is 5.82 Å². The van der Waals surface area contributed by atoms with Gasteiger partial charge in [0.05, 0.1) is 0 Å². The molecular weight excluding hydrogens is 210 g/mol. The number of nitrogens with zero attached hydrogens (tertiary/aromatic N) is 2. The average Bonchev–Trinajstić information content (AvgIpc) is 2.76. The van der Waals surface area contributed by atoms with Crippen LogP contribution in [0.25, 0.3) is 0 Å². The number of aromatic nitrogens is 1. The lowest BCUT2D eigenvalue weighted by atomic mass is 10.0. The van der Waals surface area contributed by atoms with E-state index < -0.39 is 0 Å². The maximum absolute atomic E-state index is 6.20. The highest BCUT2D eigenvalue weighted by molar-refractivity contribution is 5.53. The van der Waals surface area contributed by atoms with Crippen LogP contribution in [0.1, 0.15) is 38.2 Å².